The number of rotatable bonds is 10. The summed E-state index contributed by atoms with van der Waals surface area (Å²) in [5.41, 5.74) is 2.19. The lowest BCUT2D eigenvalue weighted by atomic mass is 10.1. The molecule has 0 aliphatic carbocycles. The van der Waals surface area contributed by atoms with Crippen molar-refractivity contribution < 1.29 is 37.0 Å². The number of hydrogen-bond acceptors (Lipinski definition) is 6. The maximum absolute atomic E-state index is 13.2. The van der Waals surface area contributed by atoms with Crippen molar-refractivity contribution in [3.05, 3.63) is 88.5 Å². The highest BCUT2D eigenvalue weighted by Crippen LogP contribution is 2.28. The van der Waals surface area contributed by atoms with E-state index in [4.69, 9.17) is 9.47 Å². The van der Waals surface area contributed by atoms with Crippen molar-refractivity contribution in [2.24, 2.45) is 4.99 Å². The van der Waals surface area contributed by atoms with E-state index < -0.39 is 12.3 Å². The molecule has 3 aromatic carbocycles. The number of hydrogen-bond donors (Lipinski definition) is 1. The van der Waals surface area contributed by atoms with E-state index in [2.05, 4.69) is 15.0 Å². The molecule has 9 nitrogen and oxygen atoms in total. The average Bonchev–Trinajstić information content (AvgIpc) is 3.40. The summed E-state index contributed by atoms with van der Waals surface area (Å²) in [4.78, 5) is 32.0. The Morgan fingerprint density at radius 1 is 0.977 bits per heavy atom. The van der Waals surface area contributed by atoms with Crippen LogP contribution in [0, 0.1) is 0 Å². The van der Waals surface area contributed by atoms with Crippen LogP contribution in [0.4, 0.5) is 23.7 Å². The number of benzene rings is 3. The second-order valence-corrected chi connectivity index (χ2v) is 9.93. The number of alkyl halides is 3. The molecule has 43 heavy (non-hydrogen) atoms. The molecule has 0 bridgehead atoms. The van der Waals surface area contributed by atoms with Crippen molar-refractivity contribution in [3.8, 4) is 28.5 Å². The second-order valence-electron chi connectivity index (χ2n) is 9.09. The highest BCUT2D eigenvalue weighted by molar-refractivity contribution is 7.07. The first-order valence-electron chi connectivity index (χ1n) is 13.0. The molecule has 13 heteroatoms. The van der Waals surface area contributed by atoms with Gasteiger partial charge in [-0.15, -0.1) is 24.5 Å². The third-order valence-electron chi connectivity index (χ3n) is 6.30. The summed E-state index contributed by atoms with van der Waals surface area (Å²) in [5.74, 6) is -0.0926. The Bertz CT molecular complexity index is 1620. The molecule has 0 saturated heterocycles. The van der Waals surface area contributed by atoms with E-state index >= 15 is 0 Å². The van der Waals surface area contributed by atoms with Gasteiger partial charge in [0.25, 0.3) is 5.91 Å². The molecule has 0 atom stereocenters. The lowest BCUT2D eigenvalue weighted by Crippen LogP contribution is -2.38. The maximum atomic E-state index is 13.2. The largest absolute Gasteiger partial charge is 0.573 e. The minimum atomic E-state index is -4.81. The number of halogens is 3. The number of thiazole rings is 1. The van der Waals surface area contributed by atoms with Gasteiger partial charge in [0.05, 0.1) is 25.5 Å². The maximum Gasteiger partial charge on any atom is 0.573 e. The Labute approximate surface area is 249 Å². The topological polar surface area (TPSA) is 94.4 Å². The Morgan fingerprint density at radius 3 is 2.33 bits per heavy atom. The van der Waals surface area contributed by atoms with Crippen LogP contribution in [0.3, 0.4) is 0 Å². The number of anilines is 1. The molecule has 4 aromatic rings. The monoisotopic (exact) mass is 614 g/mol. The molecule has 0 saturated carbocycles. The lowest BCUT2D eigenvalue weighted by molar-refractivity contribution is -0.274. The number of carbonyl (C=O) groups excluding carboxylic acids is 2. The van der Waals surface area contributed by atoms with Gasteiger partial charge < -0.3 is 24.1 Å². The van der Waals surface area contributed by atoms with Crippen LogP contribution in [0.5, 0.6) is 17.2 Å². The molecule has 4 rings (SSSR count). The molecule has 1 heterocycles. The van der Waals surface area contributed by atoms with Gasteiger partial charge in [0, 0.05) is 37.3 Å². The Hall–Kier alpha value is -4.78. The summed E-state index contributed by atoms with van der Waals surface area (Å²) in [7, 11) is 4.60. The summed E-state index contributed by atoms with van der Waals surface area (Å²) < 4.78 is 54.3. The minimum Gasteiger partial charge on any atom is -0.497 e. The summed E-state index contributed by atoms with van der Waals surface area (Å²) >= 11 is 1.20. The van der Waals surface area contributed by atoms with Gasteiger partial charge in [-0.05, 0) is 60.5 Å². The van der Waals surface area contributed by atoms with Crippen molar-refractivity contribution in [2.75, 3.05) is 32.7 Å². The quantitative estimate of drug-likeness (QED) is 0.218. The molecule has 0 aliphatic rings. The number of carbonyl (C=O) groups is 2. The number of nitrogens with one attached hydrogen (secondary N) is 1. The fraction of sp³-hybridized carbons (Fsp3) is 0.233. The van der Waals surface area contributed by atoms with Crippen LogP contribution < -0.4 is 29.2 Å². The van der Waals surface area contributed by atoms with E-state index in [1.54, 1.807) is 35.2 Å². The molecule has 0 fully saturated rings. The molecule has 1 aromatic heterocycles. The molecule has 0 radical (unpaired) electrons. The third-order valence-corrected chi connectivity index (χ3v) is 7.16. The van der Waals surface area contributed by atoms with Gasteiger partial charge in [0.1, 0.15) is 17.2 Å². The van der Waals surface area contributed by atoms with Crippen LogP contribution in [0.15, 0.2) is 83.2 Å². The van der Waals surface area contributed by atoms with E-state index in [9.17, 15) is 22.8 Å². The van der Waals surface area contributed by atoms with Gasteiger partial charge in [-0.25, -0.2) is 4.79 Å². The SMILES string of the molecule is COc1ccc(C(=O)N=c2scc(-c3ccc(OC(F)(F)F)cc3)n2CCCNC(=O)N(C)c2ccccc2)c(OC)c1. The van der Waals surface area contributed by atoms with Crippen LogP contribution in [-0.4, -0.2) is 50.7 Å². The molecule has 0 spiro atoms. The van der Waals surface area contributed by atoms with Crippen molar-refractivity contribution in [2.45, 2.75) is 19.3 Å². The zero-order valence-electron chi connectivity index (χ0n) is 23.6. The van der Waals surface area contributed by atoms with Gasteiger partial charge in [-0.2, -0.15) is 4.99 Å². The van der Waals surface area contributed by atoms with Crippen LogP contribution in [-0.2, 0) is 6.54 Å². The first kappa shape index (κ1) is 31.2. The fourth-order valence-corrected chi connectivity index (χ4v) is 5.07. The molecular formula is C30H29F3N4O5S. The molecule has 3 amide bonds. The summed E-state index contributed by atoms with van der Waals surface area (Å²) in [6.07, 6.45) is -4.33. The van der Waals surface area contributed by atoms with Gasteiger partial charge in [0.15, 0.2) is 4.80 Å². The molecule has 226 valence electrons. The van der Waals surface area contributed by atoms with E-state index in [1.165, 1.54) is 54.7 Å². The number of urea groups is 1. The van der Waals surface area contributed by atoms with E-state index in [-0.39, 0.29) is 17.3 Å². The predicted octanol–water partition coefficient (Wildman–Crippen LogP) is 6.11. The Balaban J connectivity index is 1.59. The second kappa shape index (κ2) is 13.9. The number of nitrogens with zero attached hydrogens (tertiary/aromatic N) is 3. The van der Waals surface area contributed by atoms with Crippen molar-refractivity contribution >= 4 is 29.0 Å². The van der Waals surface area contributed by atoms with Crippen LogP contribution >= 0.6 is 11.3 Å². The fourth-order valence-electron chi connectivity index (χ4n) is 4.14. The number of para-hydroxylation sites is 1. The summed E-state index contributed by atoms with van der Waals surface area (Å²) in [5, 5.41) is 4.63. The summed E-state index contributed by atoms with van der Waals surface area (Å²) in [6.45, 7) is 0.664. The van der Waals surface area contributed by atoms with Crippen molar-refractivity contribution in [1.29, 1.82) is 0 Å². The van der Waals surface area contributed by atoms with Gasteiger partial charge >= 0.3 is 12.4 Å². The van der Waals surface area contributed by atoms with Gasteiger partial charge in [-0.3, -0.25) is 9.69 Å². The predicted molar refractivity (Wildman–Crippen MR) is 157 cm³/mol. The summed E-state index contributed by atoms with van der Waals surface area (Å²) in [6, 6.07) is 19.1. The van der Waals surface area contributed by atoms with Gasteiger partial charge in [-0.1, -0.05) is 18.2 Å². The third kappa shape index (κ3) is 8.16. The molecule has 0 aliphatic heterocycles. The van der Waals surface area contributed by atoms with E-state index in [0.29, 0.717) is 47.1 Å². The minimum absolute atomic E-state index is 0.231. The smallest absolute Gasteiger partial charge is 0.497 e. The number of aromatic nitrogens is 1. The first-order chi connectivity index (χ1) is 20.6. The first-order valence-corrected chi connectivity index (χ1v) is 13.9. The van der Waals surface area contributed by atoms with Crippen molar-refractivity contribution in [1.82, 2.24) is 9.88 Å². The van der Waals surface area contributed by atoms with Crippen LogP contribution in [0.2, 0.25) is 0 Å². The normalized spacial score (nSPS) is 11.6. The zero-order chi connectivity index (χ0) is 31.0. The molecular weight excluding hydrogens is 585 g/mol. The Morgan fingerprint density at radius 2 is 1.67 bits per heavy atom. The van der Waals surface area contributed by atoms with Crippen LogP contribution in [0.1, 0.15) is 16.8 Å². The van der Waals surface area contributed by atoms with E-state index in [0.717, 1.165) is 5.69 Å². The number of amides is 3. The molecule has 0 unspecified atom stereocenters. The van der Waals surface area contributed by atoms with E-state index in [1.807, 2.05) is 30.3 Å². The highest BCUT2D eigenvalue weighted by Gasteiger charge is 2.31. The highest BCUT2D eigenvalue weighted by atomic mass is 32.1. The number of methoxy groups -OCH3 is 2. The van der Waals surface area contributed by atoms with Gasteiger partial charge in [0.2, 0.25) is 0 Å². The van der Waals surface area contributed by atoms with Crippen molar-refractivity contribution in [3.63, 3.8) is 0 Å². The standard InChI is InChI=1S/C30H29F3N4O5S/c1-36(21-8-5-4-6-9-21)28(39)34-16-7-17-37-25(20-10-12-22(13-11-20)42-30(31,32)33)19-43-29(37)35-27(38)24-15-14-23(40-2)18-26(24)41-3/h4-6,8-15,18-19H,7,16-17H2,1-3H3,(H,34,39). The average molecular weight is 615 g/mol. The lowest BCUT2D eigenvalue weighted by Gasteiger charge is -2.18. The van der Waals surface area contributed by atoms with Crippen LogP contribution in [0.25, 0.3) is 11.3 Å². The molecule has 1 N–H and O–H groups in total. The number of ether oxygens (including phenoxy) is 3. The zero-order valence-corrected chi connectivity index (χ0v) is 24.4. The Kier molecular flexibility index (Phi) is 10.1.